The zero-order valence-electron chi connectivity index (χ0n) is 10.3. The molecule has 1 saturated carbocycles. The molecular weight excluding hydrogens is 328 g/mol. The van der Waals surface area contributed by atoms with Crippen LogP contribution in [0.5, 0.6) is 0 Å². The van der Waals surface area contributed by atoms with Gasteiger partial charge in [0.15, 0.2) is 0 Å². The number of hydrogen-bond donors (Lipinski definition) is 1. The third kappa shape index (κ3) is 3.35. The molecule has 1 aliphatic rings. The molecule has 0 amide bonds. The number of aromatic nitrogens is 3. The number of rotatable bonds is 5. The van der Waals surface area contributed by atoms with Crippen LogP contribution in [0, 0.1) is 5.92 Å². The second-order valence-corrected chi connectivity index (χ2v) is 6.15. The summed E-state index contributed by atoms with van der Waals surface area (Å²) in [5, 5.41) is 12.3. The van der Waals surface area contributed by atoms with Gasteiger partial charge < -0.3 is 5.32 Å². The first-order valence-electron chi connectivity index (χ1n) is 6.30. The van der Waals surface area contributed by atoms with Crippen LogP contribution in [0.4, 0.5) is 0 Å². The lowest BCUT2D eigenvalue weighted by Crippen LogP contribution is -2.16. The Bertz CT molecular complexity index is 580. The fourth-order valence-corrected chi connectivity index (χ4v) is 2.44. The van der Waals surface area contributed by atoms with Gasteiger partial charge >= 0.3 is 0 Å². The van der Waals surface area contributed by atoms with Crippen molar-refractivity contribution in [2.45, 2.75) is 19.4 Å². The molecule has 0 unspecified atom stereocenters. The van der Waals surface area contributed by atoms with Crippen LogP contribution in [-0.4, -0.2) is 21.5 Å². The van der Waals surface area contributed by atoms with Crippen LogP contribution >= 0.6 is 27.5 Å². The van der Waals surface area contributed by atoms with Gasteiger partial charge in [-0.2, -0.15) is 0 Å². The molecule has 1 aromatic carbocycles. The lowest BCUT2D eigenvalue weighted by molar-refractivity contribution is 0.628. The first-order valence-corrected chi connectivity index (χ1v) is 7.47. The zero-order chi connectivity index (χ0) is 13.2. The smallest absolute Gasteiger partial charge is 0.0969 e. The summed E-state index contributed by atoms with van der Waals surface area (Å²) >= 11 is 9.60. The number of nitrogens with one attached hydrogen (secondary N) is 1. The van der Waals surface area contributed by atoms with Crippen LogP contribution in [0.25, 0.3) is 5.69 Å². The Morgan fingerprint density at radius 2 is 2.26 bits per heavy atom. The summed E-state index contributed by atoms with van der Waals surface area (Å²) in [7, 11) is 0. The Morgan fingerprint density at radius 3 is 3.05 bits per heavy atom. The predicted octanol–water partition coefficient (Wildman–Crippen LogP) is 3.18. The summed E-state index contributed by atoms with van der Waals surface area (Å²) in [5.41, 5.74) is 1.76. The molecule has 1 aromatic heterocycles. The largest absolute Gasteiger partial charge is 0.311 e. The molecule has 0 atom stereocenters. The third-order valence-corrected chi connectivity index (χ3v) is 3.94. The van der Waals surface area contributed by atoms with Crippen molar-refractivity contribution >= 4 is 27.5 Å². The van der Waals surface area contributed by atoms with Gasteiger partial charge in [0.05, 0.1) is 22.6 Å². The van der Waals surface area contributed by atoms with Crippen LogP contribution in [0.1, 0.15) is 18.5 Å². The lowest BCUT2D eigenvalue weighted by Gasteiger charge is -2.03. The van der Waals surface area contributed by atoms with E-state index >= 15 is 0 Å². The first-order chi connectivity index (χ1) is 9.22. The monoisotopic (exact) mass is 340 g/mol. The minimum absolute atomic E-state index is 0.658. The average Bonchev–Trinajstić information content (AvgIpc) is 3.10. The van der Waals surface area contributed by atoms with E-state index in [1.165, 1.54) is 12.8 Å². The second kappa shape index (κ2) is 5.61. The molecule has 4 nitrogen and oxygen atoms in total. The summed E-state index contributed by atoms with van der Waals surface area (Å²) in [6, 6.07) is 5.67. The van der Waals surface area contributed by atoms with E-state index in [9.17, 15) is 0 Å². The number of halogens is 2. The molecule has 6 heteroatoms. The van der Waals surface area contributed by atoms with Gasteiger partial charge in [-0.25, -0.2) is 4.68 Å². The molecule has 0 saturated heterocycles. The van der Waals surface area contributed by atoms with Crippen molar-refractivity contribution in [1.29, 1.82) is 0 Å². The quantitative estimate of drug-likeness (QED) is 0.908. The van der Waals surface area contributed by atoms with Crippen molar-refractivity contribution in [2.24, 2.45) is 5.92 Å². The summed E-state index contributed by atoms with van der Waals surface area (Å²) in [6.45, 7) is 1.83. The molecule has 2 aromatic rings. The Labute approximate surface area is 125 Å². The Balaban J connectivity index is 1.70. The van der Waals surface area contributed by atoms with Gasteiger partial charge in [-0.15, -0.1) is 5.10 Å². The van der Waals surface area contributed by atoms with Crippen molar-refractivity contribution < 1.29 is 0 Å². The molecule has 0 bridgehead atoms. The summed E-state index contributed by atoms with van der Waals surface area (Å²) in [5.74, 6) is 0.870. The second-order valence-electron chi connectivity index (χ2n) is 4.82. The van der Waals surface area contributed by atoms with Crippen LogP contribution in [-0.2, 0) is 6.54 Å². The standard InChI is InChI=1S/C13H14BrClN4/c14-10-3-4-12(15)13(5-10)19-8-11(17-18-19)7-16-6-9-1-2-9/h3-5,8-9,16H,1-2,6-7H2. The molecular formula is C13H14BrClN4. The van der Waals surface area contributed by atoms with E-state index in [4.69, 9.17) is 11.6 Å². The third-order valence-electron chi connectivity index (χ3n) is 3.13. The van der Waals surface area contributed by atoms with Gasteiger partial charge in [-0.3, -0.25) is 0 Å². The lowest BCUT2D eigenvalue weighted by atomic mass is 10.3. The summed E-state index contributed by atoms with van der Waals surface area (Å²) in [4.78, 5) is 0. The SMILES string of the molecule is Clc1ccc(Br)cc1-n1cc(CNCC2CC2)nn1. The van der Waals surface area contributed by atoms with Gasteiger partial charge in [-0.05, 0) is 43.5 Å². The summed E-state index contributed by atoms with van der Waals surface area (Å²) < 4.78 is 2.68. The van der Waals surface area contributed by atoms with Crippen molar-refractivity contribution in [1.82, 2.24) is 20.3 Å². The zero-order valence-corrected chi connectivity index (χ0v) is 12.7. The highest BCUT2D eigenvalue weighted by Crippen LogP contribution is 2.27. The number of benzene rings is 1. The van der Waals surface area contributed by atoms with E-state index in [-0.39, 0.29) is 0 Å². The van der Waals surface area contributed by atoms with E-state index in [1.54, 1.807) is 4.68 Å². The van der Waals surface area contributed by atoms with Gasteiger partial charge in [0.2, 0.25) is 0 Å². The van der Waals surface area contributed by atoms with Gasteiger partial charge in [0, 0.05) is 11.0 Å². The van der Waals surface area contributed by atoms with E-state index < -0.39 is 0 Å². The Kier molecular flexibility index (Phi) is 3.86. The highest BCUT2D eigenvalue weighted by molar-refractivity contribution is 9.10. The van der Waals surface area contributed by atoms with Crippen LogP contribution in [0.2, 0.25) is 5.02 Å². The van der Waals surface area contributed by atoms with Crippen molar-refractivity contribution in [2.75, 3.05) is 6.54 Å². The highest BCUT2D eigenvalue weighted by Gasteiger charge is 2.20. The minimum Gasteiger partial charge on any atom is -0.311 e. The molecule has 1 aliphatic carbocycles. The molecule has 0 radical (unpaired) electrons. The maximum absolute atomic E-state index is 6.17. The molecule has 100 valence electrons. The topological polar surface area (TPSA) is 42.7 Å². The molecule has 3 rings (SSSR count). The predicted molar refractivity (Wildman–Crippen MR) is 78.5 cm³/mol. The number of nitrogens with zero attached hydrogens (tertiary/aromatic N) is 3. The maximum atomic E-state index is 6.17. The van der Waals surface area contributed by atoms with Gasteiger partial charge in [0.25, 0.3) is 0 Å². The first kappa shape index (κ1) is 13.1. The van der Waals surface area contributed by atoms with E-state index in [2.05, 4.69) is 31.6 Å². The normalized spacial score (nSPS) is 14.8. The minimum atomic E-state index is 0.658. The van der Waals surface area contributed by atoms with Crippen LogP contribution in [0.15, 0.2) is 28.9 Å². The van der Waals surface area contributed by atoms with Gasteiger partial charge in [0.1, 0.15) is 0 Å². The fraction of sp³-hybridized carbons (Fsp3) is 0.385. The van der Waals surface area contributed by atoms with Crippen molar-refractivity contribution in [3.63, 3.8) is 0 Å². The van der Waals surface area contributed by atoms with Gasteiger partial charge in [-0.1, -0.05) is 32.7 Å². The highest BCUT2D eigenvalue weighted by atomic mass is 79.9. The molecule has 19 heavy (non-hydrogen) atoms. The Morgan fingerprint density at radius 1 is 1.42 bits per heavy atom. The van der Waals surface area contributed by atoms with Crippen molar-refractivity contribution in [3.05, 3.63) is 39.6 Å². The molecule has 1 fully saturated rings. The van der Waals surface area contributed by atoms with Crippen molar-refractivity contribution in [3.8, 4) is 5.69 Å². The van der Waals surface area contributed by atoms with E-state index in [0.29, 0.717) is 5.02 Å². The maximum Gasteiger partial charge on any atom is 0.0969 e. The molecule has 0 spiro atoms. The number of hydrogen-bond acceptors (Lipinski definition) is 3. The fourth-order valence-electron chi connectivity index (χ4n) is 1.88. The molecule has 1 heterocycles. The molecule has 1 N–H and O–H groups in total. The summed E-state index contributed by atoms with van der Waals surface area (Å²) in [6.07, 6.45) is 4.62. The van der Waals surface area contributed by atoms with E-state index in [0.717, 1.165) is 34.9 Å². The van der Waals surface area contributed by atoms with Crippen LogP contribution < -0.4 is 5.32 Å². The molecule has 0 aliphatic heterocycles. The average molecular weight is 342 g/mol. The van der Waals surface area contributed by atoms with E-state index in [1.807, 2.05) is 24.4 Å². The Hall–Kier alpha value is -0.910. The van der Waals surface area contributed by atoms with Crippen LogP contribution in [0.3, 0.4) is 0 Å².